The van der Waals surface area contributed by atoms with E-state index in [4.69, 9.17) is 14.9 Å². The van der Waals surface area contributed by atoms with Crippen LogP contribution in [0.2, 0.25) is 0 Å². The predicted octanol–water partition coefficient (Wildman–Crippen LogP) is -0.296. The molecule has 0 radical (unpaired) electrons. The summed E-state index contributed by atoms with van der Waals surface area (Å²) in [6.07, 6.45) is -1.76. The SMILES string of the molecule is O[C@H]1[C@@H](O)[CH-]O[C@@H]1CI.[U]. The molecule has 0 unspecified atom stereocenters. The van der Waals surface area contributed by atoms with E-state index in [1.165, 1.54) is 6.61 Å². The minimum atomic E-state index is -0.801. The molecule has 1 aliphatic heterocycles. The Balaban J connectivity index is 0.000000810. The van der Waals surface area contributed by atoms with Crippen LogP contribution in [0.1, 0.15) is 0 Å². The second-order valence-electron chi connectivity index (χ2n) is 1.95. The van der Waals surface area contributed by atoms with Crippen molar-refractivity contribution in [2.75, 3.05) is 4.43 Å². The van der Waals surface area contributed by atoms with Gasteiger partial charge in [-0.25, -0.2) is 0 Å². The van der Waals surface area contributed by atoms with Crippen LogP contribution in [0.25, 0.3) is 0 Å². The van der Waals surface area contributed by atoms with Crippen LogP contribution in [-0.4, -0.2) is 33.0 Å². The molecular formula is C5H8IO3U-. The number of alkyl halides is 1. The average Bonchev–Trinajstić information content (AvgIpc) is 2.15. The molecule has 0 aromatic rings. The van der Waals surface area contributed by atoms with Crippen molar-refractivity contribution < 1.29 is 46.1 Å². The maximum atomic E-state index is 9.05. The van der Waals surface area contributed by atoms with E-state index in [9.17, 15) is 0 Å². The maximum absolute atomic E-state index is 9.05. The number of aliphatic hydroxyl groups is 2. The van der Waals surface area contributed by atoms with Gasteiger partial charge in [-0.05, 0) is 6.10 Å². The number of hydrogen-bond acceptors (Lipinski definition) is 3. The second kappa shape index (κ2) is 5.33. The minimum absolute atomic E-state index is 0. The van der Waals surface area contributed by atoms with Gasteiger partial charge in [0.1, 0.15) is 0 Å². The fourth-order valence-electron chi connectivity index (χ4n) is 0.690. The first-order valence-corrected chi connectivity index (χ1v) is 4.19. The van der Waals surface area contributed by atoms with Gasteiger partial charge in [0.05, 0.1) is 12.2 Å². The van der Waals surface area contributed by atoms with Crippen molar-refractivity contribution in [2.24, 2.45) is 0 Å². The number of ether oxygens (including phenoxy) is 1. The molecule has 1 saturated heterocycles. The molecule has 0 bridgehead atoms. The van der Waals surface area contributed by atoms with Gasteiger partial charge in [-0.2, -0.15) is 6.61 Å². The third-order valence-corrected chi connectivity index (χ3v) is 2.14. The molecule has 0 aromatic heterocycles. The summed E-state index contributed by atoms with van der Waals surface area (Å²) in [7, 11) is 0. The Morgan fingerprint density at radius 1 is 1.50 bits per heavy atom. The molecule has 1 fully saturated rings. The topological polar surface area (TPSA) is 49.7 Å². The van der Waals surface area contributed by atoms with Crippen LogP contribution < -0.4 is 0 Å². The zero-order valence-corrected chi connectivity index (χ0v) is 11.5. The molecule has 0 saturated carbocycles. The molecule has 5 heteroatoms. The largest absolute Gasteiger partial charge is 0.545 e. The maximum Gasteiger partial charge on any atom is 0.0779 e. The van der Waals surface area contributed by atoms with Crippen molar-refractivity contribution in [3.63, 3.8) is 0 Å². The van der Waals surface area contributed by atoms with Crippen molar-refractivity contribution in [2.45, 2.75) is 18.3 Å². The van der Waals surface area contributed by atoms with Crippen molar-refractivity contribution in [3.8, 4) is 0 Å². The Kier molecular flexibility index (Phi) is 6.22. The summed E-state index contributed by atoms with van der Waals surface area (Å²) in [6, 6.07) is 0. The van der Waals surface area contributed by atoms with Gasteiger partial charge in [-0.1, -0.05) is 22.6 Å². The van der Waals surface area contributed by atoms with Gasteiger partial charge in [0.2, 0.25) is 0 Å². The van der Waals surface area contributed by atoms with Crippen LogP contribution in [0.15, 0.2) is 0 Å². The first-order chi connectivity index (χ1) is 4.25. The Morgan fingerprint density at radius 2 is 2.10 bits per heavy atom. The summed E-state index contributed by atoms with van der Waals surface area (Å²) in [5.41, 5.74) is 0. The molecule has 3 atom stereocenters. The zero-order chi connectivity index (χ0) is 6.85. The molecule has 0 amide bonds. The van der Waals surface area contributed by atoms with E-state index in [0.717, 1.165) is 0 Å². The third-order valence-electron chi connectivity index (χ3n) is 1.28. The van der Waals surface area contributed by atoms with Crippen LogP contribution in [-0.2, 0) is 4.74 Å². The number of aliphatic hydroxyl groups excluding tert-OH is 2. The molecule has 10 heavy (non-hydrogen) atoms. The van der Waals surface area contributed by atoms with Crippen LogP contribution in [0.5, 0.6) is 0 Å². The number of hydrogen-bond donors (Lipinski definition) is 2. The molecule has 0 spiro atoms. The van der Waals surface area contributed by atoms with Crippen LogP contribution in [0.4, 0.5) is 0 Å². The Bertz CT molecular complexity index is 103. The first kappa shape index (κ1) is 11.7. The Labute approximate surface area is 97.0 Å². The monoisotopic (exact) mass is 481 g/mol. The molecule has 1 aliphatic rings. The van der Waals surface area contributed by atoms with Gasteiger partial charge >= 0.3 is 0 Å². The third kappa shape index (κ3) is 2.61. The van der Waals surface area contributed by atoms with E-state index in [1.54, 1.807) is 0 Å². The van der Waals surface area contributed by atoms with Gasteiger partial charge in [-0.15, -0.1) is 0 Å². The zero-order valence-electron chi connectivity index (χ0n) is 5.20. The summed E-state index contributed by atoms with van der Waals surface area (Å²) in [5.74, 6) is 0. The molecule has 1 heterocycles. The summed E-state index contributed by atoms with van der Waals surface area (Å²) in [4.78, 5) is 0. The predicted molar refractivity (Wildman–Crippen MR) is 40.1 cm³/mol. The van der Waals surface area contributed by atoms with E-state index in [-0.39, 0.29) is 37.2 Å². The summed E-state index contributed by atoms with van der Waals surface area (Å²) < 4.78 is 5.60. The molecule has 2 N–H and O–H groups in total. The molecule has 58 valence electrons. The first-order valence-electron chi connectivity index (χ1n) is 2.66. The summed E-state index contributed by atoms with van der Waals surface area (Å²) in [5, 5.41) is 17.9. The Morgan fingerprint density at radius 3 is 2.30 bits per heavy atom. The van der Waals surface area contributed by atoms with Crippen LogP contribution >= 0.6 is 22.6 Å². The van der Waals surface area contributed by atoms with Gasteiger partial charge < -0.3 is 14.9 Å². The van der Waals surface area contributed by atoms with Gasteiger partial charge in [-0.3, -0.25) is 0 Å². The van der Waals surface area contributed by atoms with Crippen molar-refractivity contribution in [1.29, 1.82) is 0 Å². The quantitative estimate of drug-likeness (QED) is 0.308. The van der Waals surface area contributed by atoms with Crippen molar-refractivity contribution in [1.82, 2.24) is 0 Å². The standard InChI is InChI=1S/C5H8IO3.U/c6-1-4-5(8)3(7)2-9-4;/h2-5,7-8H,1H2;/q-1;/t3-,4+,5-;/m0./s1. The normalized spacial score (nSPS) is 39.3. The second-order valence-corrected chi connectivity index (χ2v) is 2.83. The smallest absolute Gasteiger partial charge is 0.0779 e. The Hall–Kier alpha value is 1.66. The molecule has 0 aliphatic carbocycles. The molecule has 0 aromatic carbocycles. The molecular weight excluding hydrogens is 473 g/mol. The fraction of sp³-hybridized carbons (Fsp3) is 0.800. The molecule has 3 nitrogen and oxygen atoms in total. The summed E-state index contributed by atoms with van der Waals surface area (Å²) in [6.45, 7) is 1.27. The molecule has 1 rings (SSSR count). The minimum Gasteiger partial charge on any atom is -0.545 e. The van der Waals surface area contributed by atoms with E-state index in [0.29, 0.717) is 4.43 Å². The van der Waals surface area contributed by atoms with Crippen LogP contribution in [0, 0.1) is 37.7 Å². The summed E-state index contributed by atoms with van der Waals surface area (Å²) >= 11 is 2.10. The van der Waals surface area contributed by atoms with E-state index in [1.807, 2.05) is 0 Å². The van der Waals surface area contributed by atoms with Gasteiger partial charge in [0, 0.05) is 35.5 Å². The fourth-order valence-corrected chi connectivity index (χ4v) is 1.42. The van der Waals surface area contributed by atoms with Crippen molar-refractivity contribution >= 4 is 22.6 Å². The van der Waals surface area contributed by atoms with E-state index >= 15 is 0 Å². The van der Waals surface area contributed by atoms with Gasteiger partial charge in [0.15, 0.2) is 0 Å². The van der Waals surface area contributed by atoms with Gasteiger partial charge in [0.25, 0.3) is 0 Å². The average molecular weight is 481 g/mol. The number of halogens is 1. The van der Waals surface area contributed by atoms with Crippen molar-refractivity contribution in [3.05, 3.63) is 6.61 Å². The van der Waals surface area contributed by atoms with E-state index < -0.39 is 12.2 Å². The van der Waals surface area contributed by atoms with E-state index in [2.05, 4.69) is 22.6 Å². The number of rotatable bonds is 1. The van der Waals surface area contributed by atoms with Crippen LogP contribution in [0.3, 0.4) is 0 Å².